The van der Waals surface area contributed by atoms with Crippen molar-refractivity contribution in [3.8, 4) is 5.75 Å². The molecule has 0 aliphatic heterocycles. The van der Waals surface area contributed by atoms with Crippen LogP contribution in [0.3, 0.4) is 0 Å². The van der Waals surface area contributed by atoms with Gasteiger partial charge in [0.15, 0.2) is 6.29 Å². The van der Waals surface area contributed by atoms with Crippen LogP contribution in [0.4, 0.5) is 4.39 Å². The Morgan fingerprint density at radius 2 is 2.22 bits per heavy atom. The summed E-state index contributed by atoms with van der Waals surface area (Å²) in [6, 6.07) is 1.95. The molecule has 0 amide bonds. The number of hydrogen-bond acceptors (Lipinski definition) is 4. The lowest BCUT2D eigenvalue weighted by atomic mass is 10.1. The summed E-state index contributed by atoms with van der Waals surface area (Å²) in [5.74, 6) is -2.10. The van der Waals surface area contributed by atoms with Crippen LogP contribution >= 0.6 is 0 Å². The average molecular weight is 256 g/mol. The summed E-state index contributed by atoms with van der Waals surface area (Å²) in [6.07, 6.45) is -0.810. The van der Waals surface area contributed by atoms with Gasteiger partial charge in [-0.2, -0.15) is 0 Å². The highest BCUT2D eigenvalue weighted by atomic mass is 19.1. The maximum atomic E-state index is 13.1. The summed E-state index contributed by atoms with van der Waals surface area (Å²) in [5.41, 5.74) is -0.0713. The number of rotatable bonds is 6. The van der Waals surface area contributed by atoms with Gasteiger partial charge in [-0.25, -0.2) is 9.18 Å². The highest BCUT2D eigenvalue weighted by Gasteiger charge is 2.19. The molecule has 5 nitrogen and oxygen atoms in total. The summed E-state index contributed by atoms with van der Waals surface area (Å²) in [6.45, 7) is 3.38. The smallest absolute Gasteiger partial charge is 0.339 e. The Bertz CT molecular complexity index is 458. The first kappa shape index (κ1) is 14.1. The van der Waals surface area contributed by atoms with Crippen molar-refractivity contribution in [1.29, 1.82) is 0 Å². The Morgan fingerprint density at radius 3 is 2.72 bits per heavy atom. The molecular formula is C12H13FO5. The normalized spacial score (nSPS) is 11.9. The monoisotopic (exact) mass is 256 g/mol. The van der Waals surface area contributed by atoms with Crippen molar-refractivity contribution in [3.05, 3.63) is 29.1 Å². The molecule has 0 heterocycles. The van der Waals surface area contributed by atoms with Gasteiger partial charge < -0.3 is 14.6 Å². The molecule has 0 radical (unpaired) electrons. The molecule has 0 bridgehead atoms. The molecular weight excluding hydrogens is 243 g/mol. The minimum Gasteiger partial charge on any atom is -0.478 e. The molecule has 0 saturated carbocycles. The van der Waals surface area contributed by atoms with E-state index in [-0.39, 0.29) is 23.5 Å². The molecule has 1 N–H and O–H groups in total. The summed E-state index contributed by atoms with van der Waals surface area (Å²) in [7, 11) is 0. The largest absolute Gasteiger partial charge is 0.478 e. The lowest BCUT2D eigenvalue weighted by Gasteiger charge is -2.16. The summed E-state index contributed by atoms with van der Waals surface area (Å²) >= 11 is 0. The van der Waals surface area contributed by atoms with Gasteiger partial charge in [-0.15, -0.1) is 0 Å². The Morgan fingerprint density at radius 1 is 1.56 bits per heavy atom. The molecule has 6 heteroatoms. The first-order chi connectivity index (χ1) is 8.49. The van der Waals surface area contributed by atoms with E-state index in [2.05, 4.69) is 0 Å². The van der Waals surface area contributed by atoms with Crippen molar-refractivity contribution >= 4 is 12.3 Å². The number of aromatic carboxylic acids is 1. The van der Waals surface area contributed by atoms with Gasteiger partial charge in [0.25, 0.3) is 6.29 Å². The van der Waals surface area contributed by atoms with Gasteiger partial charge in [-0.1, -0.05) is 0 Å². The Labute approximate surface area is 103 Å². The van der Waals surface area contributed by atoms with Crippen LogP contribution in [-0.2, 0) is 9.53 Å². The van der Waals surface area contributed by atoms with Crippen LogP contribution in [0.15, 0.2) is 12.1 Å². The molecule has 1 aromatic rings. The number of ether oxygens (including phenoxy) is 2. The van der Waals surface area contributed by atoms with Crippen molar-refractivity contribution in [3.63, 3.8) is 0 Å². The number of carboxylic acid groups (broad SMARTS) is 1. The number of benzene rings is 1. The second kappa shape index (κ2) is 6.11. The zero-order valence-corrected chi connectivity index (χ0v) is 9.97. The zero-order valence-electron chi connectivity index (χ0n) is 9.97. The second-order valence-electron chi connectivity index (χ2n) is 3.48. The SMILES string of the molecule is CCOC(C=O)Oc1c(C)cc(F)cc1C(=O)O. The standard InChI is InChI=1S/C12H13FO5/c1-3-17-10(6-14)18-11-7(2)4-8(13)5-9(11)12(15)16/h4-6,10H,3H2,1-2H3,(H,15,16). The molecule has 1 rings (SSSR count). The zero-order chi connectivity index (χ0) is 13.7. The third kappa shape index (κ3) is 3.27. The fraction of sp³-hybridized carbons (Fsp3) is 0.333. The van der Waals surface area contributed by atoms with E-state index in [1.165, 1.54) is 6.92 Å². The number of halogens is 1. The van der Waals surface area contributed by atoms with Crippen LogP contribution in [0.1, 0.15) is 22.8 Å². The molecule has 18 heavy (non-hydrogen) atoms. The number of hydrogen-bond donors (Lipinski definition) is 1. The maximum absolute atomic E-state index is 13.1. The van der Waals surface area contributed by atoms with Crippen LogP contribution in [0, 0.1) is 12.7 Å². The Kier molecular flexibility index (Phi) is 4.79. The molecule has 1 unspecified atom stereocenters. The molecule has 0 aliphatic rings. The van der Waals surface area contributed by atoms with Gasteiger partial charge in [0.2, 0.25) is 0 Å². The average Bonchev–Trinajstić information content (AvgIpc) is 2.30. The van der Waals surface area contributed by atoms with E-state index in [9.17, 15) is 14.0 Å². The quantitative estimate of drug-likeness (QED) is 0.620. The second-order valence-corrected chi connectivity index (χ2v) is 3.48. The molecule has 1 aromatic carbocycles. The van der Waals surface area contributed by atoms with Crippen molar-refractivity contribution in [2.45, 2.75) is 20.1 Å². The van der Waals surface area contributed by atoms with Gasteiger partial charge in [0, 0.05) is 6.61 Å². The van der Waals surface area contributed by atoms with Crippen LogP contribution in [0.25, 0.3) is 0 Å². The maximum Gasteiger partial charge on any atom is 0.339 e. The summed E-state index contributed by atoms with van der Waals surface area (Å²) < 4.78 is 23.2. The molecule has 1 atom stereocenters. The minimum atomic E-state index is -1.34. The number of aryl methyl sites for hydroxylation is 1. The van der Waals surface area contributed by atoms with Gasteiger partial charge >= 0.3 is 5.97 Å². The van der Waals surface area contributed by atoms with E-state index in [4.69, 9.17) is 14.6 Å². The predicted octanol–water partition coefficient (Wildman–Crippen LogP) is 1.77. The molecule has 0 fully saturated rings. The van der Waals surface area contributed by atoms with Crippen molar-refractivity contribution in [1.82, 2.24) is 0 Å². The van der Waals surface area contributed by atoms with Crippen LogP contribution in [-0.4, -0.2) is 30.3 Å². The summed E-state index contributed by atoms with van der Waals surface area (Å²) in [5, 5.41) is 8.95. The number of aldehydes is 1. The summed E-state index contributed by atoms with van der Waals surface area (Å²) in [4.78, 5) is 21.7. The van der Waals surface area contributed by atoms with Crippen LogP contribution < -0.4 is 4.74 Å². The van der Waals surface area contributed by atoms with E-state index in [0.717, 1.165) is 12.1 Å². The van der Waals surface area contributed by atoms with Crippen molar-refractivity contribution in [2.24, 2.45) is 0 Å². The van der Waals surface area contributed by atoms with E-state index in [1.54, 1.807) is 6.92 Å². The Balaban J connectivity index is 3.13. The first-order valence-electron chi connectivity index (χ1n) is 5.26. The van der Waals surface area contributed by atoms with E-state index >= 15 is 0 Å². The van der Waals surface area contributed by atoms with Crippen LogP contribution in [0.5, 0.6) is 5.75 Å². The van der Waals surface area contributed by atoms with Crippen molar-refractivity contribution < 1.29 is 28.6 Å². The lowest BCUT2D eigenvalue weighted by molar-refractivity contribution is -0.136. The van der Waals surface area contributed by atoms with E-state index < -0.39 is 18.1 Å². The Hall–Kier alpha value is -1.95. The number of carbonyl (C=O) groups is 2. The van der Waals surface area contributed by atoms with Gasteiger partial charge in [0.05, 0.1) is 0 Å². The van der Waals surface area contributed by atoms with Crippen molar-refractivity contribution in [2.75, 3.05) is 6.61 Å². The highest BCUT2D eigenvalue weighted by Crippen LogP contribution is 2.26. The first-order valence-corrected chi connectivity index (χ1v) is 5.26. The molecule has 98 valence electrons. The molecule has 0 aliphatic carbocycles. The third-order valence-electron chi connectivity index (χ3n) is 2.15. The molecule has 0 spiro atoms. The van der Waals surface area contributed by atoms with Crippen LogP contribution in [0.2, 0.25) is 0 Å². The van der Waals surface area contributed by atoms with Gasteiger partial charge in [-0.3, -0.25) is 4.79 Å². The molecule has 0 saturated heterocycles. The topological polar surface area (TPSA) is 72.8 Å². The lowest BCUT2D eigenvalue weighted by Crippen LogP contribution is -2.23. The number of carboxylic acids is 1. The fourth-order valence-corrected chi connectivity index (χ4v) is 1.43. The minimum absolute atomic E-state index is 0.0746. The van der Waals surface area contributed by atoms with Gasteiger partial charge in [-0.05, 0) is 31.5 Å². The number of carbonyl (C=O) groups excluding carboxylic acids is 1. The van der Waals surface area contributed by atoms with E-state index in [1.807, 2.05) is 0 Å². The third-order valence-corrected chi connectivity index (χ3v) is 2.15. The highest BCUT2D eigenvalue weighted by molar-refractivity contribution is 5.91. The molecule has 0 aromatic heterocycles. The van der Waals surface area contributed by atoms with Gasteiger partial charge in [0.1, 0.15) is 17.1 Å². The fourth-order valence-electron chi connectivity index (χ4n) is 1.43. The van der Waals surface area contributed by atoms with E-state index in [0.29, 0.717) is 6.29 Å². The predicted molar refractivity (Wildman–Crippen MR) is 60.2 cm³/mol.